The molecule has 0 saturated carbocycles. The molecule has 0 aromatic rings. The monoisotopic (exact) mass is 302 g/mol. The molecule has 0 spiro atoms. The zero-order valence-electron chi connectivity index (χ0n) is 12.6. The molecule has 0 rings (SSSR count). The molecule has 1 N–H and O–H groups in total. The molecule has 4 nitrogen and oxygen atoms in total. The van der Waals surface area contributed by atoms with Crippen molar-refractivity contribution in [3.8, 4) is 0 Å². The Kier molecular flexibility index (Phi) is 14.7. The van der Waals surface area contributed by atoms with E-state index in [1.807, 2.05) is 0 Å². The van der Waals surface area contributed by atoms with E-state index in [9.17, 15) is 13.0 Å². The SMILES string of the molecule is CCCCCC(CCCCCC(C)O)S(=O)(=O)[O-].[Na+]. The van der Waals surface area contributed by atoms with Crippen LogP contribution in [0.4, 0.5) is 0 Å². The molecule has 2 unspecified atom stereocenters. The molecule has 110 valence electrons. The van der Waals surface area contributed by atoms with Gasteiger partial charge in [-0.1, -0.05) is 45.4 Å². The molecule has 0 aliphatic carbocycles. The molecule has 0 fully saturated rings. The van der Waals surface area contributed by atoms with Gasteiger partial charge >= 0.3 is 29.6 Å². The van der Waals surface area contributed by atoms with Gasteiger partial charge < -0.3 is 9.66 Å². The van der Waals surface area contributed by atoms with Crippen molar-refractivity contribution in [2.24, 2.45) is 0 Å². The largest absolute Gasteiger partial charge is 1.00 e. The summed E-state index contributed by atoms with van der Waals surface area (Å²) in [4.78, 5) is 0. The van der Waals surface area contributed by atoms with Crippen molar-refractivity contribution in [2.45, 2.75) is 83.0 Å². The minimum Gasteiger partial charge on any atom is -0.748 e. The van der Waals surface area contributed by atoms with E-state index in [1.165, 1.54) is 0 Å². The first-order valence-corrected chi connectivity index (χ1v) is 8.47. The van der Waals surface area contributed by atoms with E-state index >= 15 is 0 Å². The molecule has 0 aliphatic heterocycles. The zero-order valence-corrected chi connectivity index (χ0v) is 15.4. The summed E-state index contributed by atoms with van der Waals surface area (Å²) in [5.41, 5.74) is 0. The van der Waals surface area contributed by atoms with Crippen molar-refractivity contribution < 1.29 is 47.6 Å². The van der Waals surface area contributed by atoms with Crippen LogP contribution in [-0.2, 0) is 10.1 Å². The molecule has 6 heteroatoms. The van der Waals surface area contributed by atoms with Gasteiger partial charge in [0.15, 0.2) is 0 Å². The van der Waals surface area contributed by atoms with E-state index < -0.39 is 15.4 Å². The second-order valence-corrected chi connectivity index (χ2v) is 6.75. The minimum atomic E-state index is -4.15. The fourth-order valence-corrected chi connectivity index (χ4v) is 2.95. The van der Waals surface area contributed by atoms with Crippen LogP contribution in [0.25, 0.3) is 0 Å². The predicted octanol–water partition coefficient (Wildman–Crippen LogP) is -0.184. The van der Waals surface area contributed by atoms with E-state index in [4.69, 9.17) is 5.11 Å². The summed E-state index contributed by atoms with van der Waals surface area (Å²) in [6.45, 7) is 3.80. The topological polar surface area (TPSA) is 77.4 Å². The Morgan fingerprint density at radius 1 is 1.00 bits per heavy atom. The molecule has 0 radical (unpaired) electrons. The van der Waals surface area contributed by atoms with Crippen LogP contribution in [0, 0.1) is 0 Å². The first-order chi connectivity index (χ1) is 8.38. The van der Waals surface area contributed by atoms with Crippen molar-refractivity contribution >= 4 is 10.1 Å². The maximum atomic E-state index is 11.1. The van der Waals surface area contributed by atoms with Gasteiger partial charge in [0.25, 0.3) is 0 Å². The van der Waals surface area contributed by atoms with E-state index in [2.05, 4.69) is 6.92 Å². The fourth-order valence-electron chi connectivity index (χ4n) is 2.04. The van der Waals surface area contributed by atoms with Gasteiger partial charge in [0.2, 0.25) is 0 Å². The van der Waals surface area contributed by atoms with Crippen LogP contribution in [0.15, 0.2) is 0 Å². The van der Waals surface area contributed by atoms with E-state index in [0.29, 0.717) is 12.8 Å². The first-order valence-electron chi connectivity index (χ1n) is 7.00. The van der Waals surface area contributed by atoms with Crippen molar-refractivity contribution in [1.82, 2.24) is 0 Å². The third-order valence-corrected chi connectivity index (χ3v) is 4.47. The molecule has 0 saturated heterocycles. The van der Waals surface area contributed by atoms with Crippen molar-refractivity contribution in [3.63, 3.8) is 0 Å². The predicted molar refractivity (Wildman–Crippen MR) is 72.4 cm³/mol. The molecule has 0 aromatic heterocycles. The van der Waals surface area contributed by atoms with Crippen LogP contribution < -0.4 is 29.6 Å². The number of hydrogen-bond acceptors (Lipinski definition) is 4. The summed E-state index contributed by atoms with van der Waals surface area (Å²) in [7, 11) is -4.15. The Balaban J connectivity index is 0. The van der Waals surface area contributed by atoms with Crippen LogP contribution in [0.1, 0.15) is 71.6 Å². The maximum absolute atomic E-state index is 11.1. The molecular weight excluding hydrogens is 275 g/mol. The number of unbranched alkanes of at least 4 members (excludes halogenated alkanes) is 4. The van der Waals surface area contributed by atoms with Crippen LogP contribution in [0.5, 0.6) is 0 Å². The number of aliphatic hydroxyl groups excluding tert-OH is 1. The Labute approximate surface area is 140 Å². The second-order valence-electron chi connectivity index (χ2n) is 5.10. The van der Waals surface area contributed by atoms with Crippen LogP contribution >= 0.6 is 0 Å². The van der Waals surface area contributed by atoms with Gasteiger partial charge in [-0.2, -0.15) is 0 Å². The Hall–Kier alpha value is 0.870. The second kappa shape index (κ2) is 12.6. The smallest absolute Gasteiger partial charge is 0.748 e. The summed E-state index contributed by atoms with van der Waals surface area (Å²) < 4.78 is 33.3. The normalized spacial score (nSPS) is 14.7. The van der Waals surface area contributed by atoms with Gasteiger partial charge in [-0.3, -0.25) is 0 Å². The van der Waals surface area contributed by atoms with E-state index in [0.717, 1.165) is 44.9 Å². The van der Waals surface area contributed by atoms with Crippen LogP contribution in [0.2, 0.25) is 0 Å². The summed E-state index contributed by atoms with van der Waals surface area (Å²) in [6.07, 6.45) is 6.75. The van der Waals surface area contributed by atoms with E-state index in [1.54, 1.807) is 6.92 Å². The van der Waals surface area contributed by atoms with Gasteiger partial charge in [0.05, 0.1) is 16.2 Å². The average molecular weight is 302 g/mol. The van der Waals surface area contributed by atoms with Crippen molar-refractivity contribution in [1.29, 1.82) is 0 Å². The van der Waals surface area contributed by atoms with Crippen molar-refractivity contribution in [3.05, 3.63) is 0 Å². The average Bonchev–Trinajstić information content (AvgIpc) is 2.24. The van der Waals surface area contributed by atoms with Crippen molar-refractivity contribution in [2.75, 3.05) is 0 Å². The van der Waals surface area contributed by atoms with E-state index in [-0.39, 0.29) is 35.7 Å². The third kappa shape index (κ3) is 13.6. The molecule has 0 aliphatic rings. The standard InChI is InChI=1S/C13H28O4S.Na/c1-3-4-6-10-13(18(15,16)17)11-8-5-7-9-12(2)14;/h12-14H,3-11H2,1-2H3,(H,15,16,17);/q;+1/p-1. The Bertz CT molecular complexity index is 291. The number of aliphatic hydroxyl groups is 1. The summed E-state index contributed by atoms with van der Waals surface area (Å²) in [5.74, 6) is 0. The Morgan fingerprint density at radius 2 is 1.47 bits per heavy atom. The quantitative estimate of drug-likeness (QED) is 0.326. The minimum absolute atomic E-state index is 0. The van der Waals surface area contributed by atoms with Gasteiger partial charge in [-0.05, 0) is 26.2 Å². The summed E-state index contributed by atoms with van der Waals surface area (Å²) in [5, 5.41) is 8.38. The molecule has 19 heavy (non-hydrogen) atoms. The molecule has 0 heterocycles. The summed E-state index contributed by atoms with van der Waals surface area (Å²) in [6, 6.07) is 0. The fraction of sp³-hybridized carbons (Fsp3) is 1.00. The number of rotatable bonds is 11. The van der Waals surface area contributed by atoms with Gasteiger partial charge in [0.1, 0.15) is 0 Å². The Morgan fingerprint density at radius 3 is 1.89 bits per heavy atom. The molecule has 2 atom stereocenters. The number of hydrogen-bond donors (Lipinski definition) is 1. The maximum Gasteiger partial charge on any atom is 1.00 e. The van der Waals surface area contributed by atoms with Gasteiger partial charge in [0, 0.05) is 5.25 Å². The zero-order chi connectivity index (χ0) is 14.0. The van der Waals surface area contributed by atoms with Gasteiger partial charge in [-0.25, -0.2) is 8.42 Å². The first kappa shape index (κ1) is 22.2. The molecule has 0 amide bonds. The summed E-state index contributed by atoms with van der Waals surface area (Å²) >= 11 is 0. The van der Waals surface area contributed by atoms with Gasteiger partial charge in [-0.15, -0.1) is 0 Å². The third-order valence-electron chi connectivity index (χ3n) is 3.19. The molecule has 0 aromatic carbocycles. The molecular formula is C13H27NaO4S. The van der Waals surface area contributed by atoms with Crippen LogP contribution in [0.3, 0.4) is 0 Å². The van der Waals surface area contributed by atoms with Crippen LogP contribution in [-0.4, -0.2) is 29.4 Å². The molecule has 0 bridgehead atoms.